The van der Waals surface area contributed by atoms with Crippen LogP contribution in [-0.4, -0.2) is 69.6 Å². The van der Waals surface area contributed by atoms with Crippen LogP contribution >= 0.6 is 11.8 Å². The molecule has 3 atom stereocenters. The Labute approximate surface area is 125 Å². The maximum Gasteiger partial charge on any atom is 0.333 e. The maximum atomic E-state index is 11.9. The molecule has 1 fully saturated rings. The van der Waals surface area contributed by atoms with E-state index < -0.39 is 41.8 Å². The van der Waals surface area contributed by atoms with Crippen molar-refractivity contribution in [3.63, 3.8) is 0 Å². The predicted molar refractivity (Wildman–Crippen MR) is 72.4 cm³/mol. The number of amides is 2. The summed E-state index contributed by atoms with van der Waals surface area (Å²) in [6.45, 7) is 1.59. The SMILES string of the molecule is COC(=O)[C@@H](CSC[C@H](O)C(=O)O)N1C(=O)C[C@@H](C)C1=O. The van der Waals surface area contributed by atoms with Crippen molar-refractivity contribution >= 4 is 35.5 Å². The zero-order valence-corrected chi connectivity index (χ0v) is 12.5. The lowest BCUT2D eigenvalue weighted by Crippen LogP contribution is -2.47. The van der Waals surface area contributed by atoms with E-state index in [9.17, 15) is 19.2 Å². The summed E-state index contributed by atoms with van der Waals surface area (Å²) in [5.41, 5.74) is 0. The number of hydrogen-bond acceptors (Lipinski definition) is 7. The Morgan fingerprint density at radius 1 is 1.43 bits per heavy atom. The number of carboxylic acids is 1. The van der Waals surface area contributed by atoms with Crippen molar-refractivity contribution in [1.82, 2.24) is 4.90 Å². The Kier molecular flexibility index (Phi) is 6.16. The molecule has 8 nitrogen and oxygen atoms in total. The Balaban J connectivity index is 2.73. The van der Waals surface area contributed by atoms with Crippen LogP contribution in [0.15, 0.2) is 0 Å². The van der Waals surface area contributed by atoms with Crippen molar-refractivity contribution in [3.05, 3.63) is 0 Å². The van der Waals surface area contributed by atoms with E-state index in [1.54, 1.807) is 6.92 Å². The summed E-state index contributed by atoms with van der Waals surface area (Å²) >= 11 is 0.956. The molecule has 1 saturated heterocycles. The third-order valence-corrected chi connectivity index (χ3v) is 4.13. The number of nitrogens with zero attached hydrogens (tertiary/aromatic N) is 1. The molecule has 0 saturated carbocycles. The second kappa shape index (κ2) is 7.41. The molecule has 0 aromatic heterocycles. The number of thioether (sulfide) groups is 1. The van der Waals surface area contributed by atoms with Crippen LogP contribution in [0.2, 0.25) is 0 Å². The first-order valence-electron chi connectivity index (χ1n) is 6.22. The van der Waals surface area contributed by atoms with Crippen molar-refractivity contribution in [2.45, 2.75) is 25.5 Å². The molecule has 21 heavy (non-hydrogen) atoms. The van der Waals surface area contributed by atoms with Crippen LogP contribution in [0, 0.1) is 5.92 Å². The lowest BCUT2D eigenvalue weighted by molar-refractivity contribution is -0.155. The number of likely N-dealkylation sites (tertiary alicyclic amines) is 1. The van der Waals surface area contributed by atoms with Crippen LogP contribution in [0.5, 0.6) is 0 Å². The van der Waals surface area contributed by atoms with Crippen molar-refractivity contribution in [2.24, 2.45) is 5.92 Å². The van der Waals surface area contributed by atoms with Crippen LogP contribution in [0.1, 0.15) is 13.3 Å². The summed E-state index contributed by atoms with van der Waals surface area (Å²) in [5.74, 6) is -3.70. The molecule has 1 heterocycles. The number of imide groups is 1. The normalized spacial score (nSPS) is 21.3. The molecule has 0 unspecified atom stereocenters. The zero-order chi connectivity index (χ0) is 16.2. The van der Waals surface area contributed by atoms with Crippen molar-refractivity contribution in [2.75, 3.05) is 18.6 Å². The molecule has 0 aliphatic carbocycles. The molecular formula is C12H17NO7S. The van der Waals surface area contributed by atoms with E-state index in [0.29, 0.717) is 0 Å². The highest BCUT2D eigenvalue weighted by molar-refractivity contribution is 7.99. The molecule has 118 valence electrons. The van der Waals surface area contributed by atoms with Gasteiger partial charge in [-0.2, -0.15) is 11.8 Å². The van der Waals surface area contributed by atoms with E-state index in [4.69, 9.17) is 10.2 Å². The number of carboxylic acid groups (broad SMARTS) is 1. The highest BCUT2D eigenvalue weighted by Gasteiger charge is 2.43. The molecule has 1 aliphatic heterocycles. The summed E-state index contributed by atoms with van der Waals surface area (Å²) < 4.78 is 4.58. The highest BCUT2D eigenvalue weighted by atomic mass is 32.2. The Morgan fingerprint density at radius 2 is 2.05 bits per heavy atom. The fourth-order valence-electron chi connectivity index (χ4n) is 1.88. The van der Waals surface area contributed by atoms with Crippen LogP contribution in [-0.2, 0) is 23.9 Å². The van der Waals surface area contributed by atoms with Gasteiger partial charge in [0.15, 0.2) is 6.10 Å². The highest BCUT2D eigenvalue weighted by Crippen LogP contribution is 2.24. The minimum absolute atomic E-state index is 0.0266. The molecule has 9 heteroatoms. The van der Waals surface area contributed by atoms with E-state index in [2.05, 4.69) is 4.74 Å². The zero-order valence-electron chi connectivity index (χ0n) is 11.6. The third-order valence-electron chi connectivity index (χ3n) is 3.03. The summed E-state index contributed by atoms with van der Waals surface area (Å²) in [7, 11) is 1.14. The van der Waals surface area contributed by atoms with E-state index in [1.807, 2.05) is 0 Å². The van der Waals surface area contributed by atoms with Gasteiger partial charge in [0.05, 0.1) is 7.11 Å². The average molecular weight is 319 g/mol. The van der Waals surface area contributed by atoms with E-state index in [0.717, 1.165) is 23.8 Å². The summed E-state index contributed by atoms with van der Waals surface area (Å²) in [4.78, 5) is 46.8. The molecule has 0 bridgehead atoms. The summed E-state index contributed by atoms with van der Waals surface area (Å²) in [6, 6.07) is -1.11. The molecular weight excluding hydrogens is 302 g/mol. The minimum Gasteiger partial charge on any atom is -0.479 e. The van der Waals surface area contributed by atoms with Gasteiger partial charge in [-0.05, 0) is 0 Å². The number of esters is 1. The second-order valence-corrected chi connectivity index (χ2v) is 5.71. The Morgan fingerprint density at radius 3 is 2.48 bits per heavy atom. The lowest BCUT2D eigenvalue weighted by Gasteiger charge is -2.24. The number of aliphatic hydroxyl groups is 1. The average Bonchev–Trinajstić information content (AvgIpc) is 2.68. The Bertz CT molecular complexity index is 453. The number of aliphatic carboxylic acids is 1. The number of carbonyl (C=O) groups excluding carboxylic acids is 3. The van der Waals surface area contributed by atoms with Gasteiger partial charge in [0.1, 0.15) is 6.04 Å². The van der Waals surface area contributed by atoms with Gasteiger partial charge < -0.3 is 14.9 Å². The largest absolute Gasteiger partial charge is 0.479 e. The fraction of sp³-hybridized carbons (Fsp3) is 0.667. The number of aliphatic hydroxyl groups excluding tert-OH is 1. The lowest BCUT2D eigenvalue weighted by atomic mass is 10.1. The van der Waals surface area contributed by atoms with Gasteiger partial charge in [0, 0.05) is 23.8 Å². The maximum absolute atomic E-state index is 11.9. The van der Waals surface area contributed by atoms with Crippen LogP contribution in [0.4, 0.5) is 0 Å². The molecule has 1 rings (SSSR count). The van der Waals surface area contributed by atoms with Crippen molar-refractivity contribution in [1.29, 1.82) is 0 Å². The predicted octanol–water partition coefficient (Wildman–Crippen LogP) is -0.898. The van der Waals surface area contributed by atoms with Gasteiger partial charge in [0.25, 0.3) is 0 Å². The fourth-order valence-corrected chi connectivity index (χ4v) is 2.89. The molecule has 0 aromatic carbocycles. The van der Waals surface area contributed by atoms with E-state index >= 15 is 0 Å². The van der Waals surface area contributed by atoms with Crippen molar-refractivity contribution < 1.29 is 34.1 Å². The van der Waals surface area contributed by atoms with E-state index in [-0.39, 0.29) is 17.9 Å². The molecule has 2 amide bonds. The molecule has 2 N–H and O–H groups in total. The monoisotopic (exact) mass is 319 g/mol. The quantitative estimate of drug-likeness (QED) is 0.457. The number of carbonyl (C=O) groups is 4. The first-order valence-corrected chi connectivity index (χ1v) is 7.37. The Hall–Kier alpha value is -1.61. The van der Waals surface area contributed by atoms with Gasteiger partial charge in [-0.25, -0.2) is 9.59 Å². The first-order chi connectivity index (χ1) is 9.79. The minimum atomic E-state index is -1.57. The topological polar surface area (TPSA) is 121 Å². The third kappa shape index (κ3) is 4.18. The van der Waals surface area contributed by atoms with Crippen LogP contribution < -0.4 is 0 Å². The number of ether oxygens (including phenoxy) is 1. The first kappa shape index (κ1) is 17.4. The second-order valence-electron chi connectivity index (χ2n) is 4.64. The van der Waals surface area contributed by atoms with Gasteiger partial charge in [0.2, 0.25) is 11.8 Å². The van der Waals surface area contributed by atoms with Gasteiger partial charge in [-0.15, -0.1) is 0 Å². The van der Waals surface area contributed by atoms with Gasteiger partial charge in [-0.3, -0.25) is 14.5 Å². The number of hydrogen-bond donors (Lipinski definition) is 2. The van der Waals surface area contributed by atoms with Crippen LogP contribution in [0.25, 0.3) is 0 Å². The molecule has 1 aliphatic rings. The molecule has 0 aromatic rings. The van der Waals surface area contributed by atoms with Crippen LogP contribution in [0.3, 0.4) is 0 Å². The van der Waals surface area contributed by atoms with Crippen molar-refractivity contribution in [3.8, 4) is 0 Å². The van der Waals surface area contributed by atoms with E-state index in [1.165, 1.54) is 0 Å². The smallest absolute Gasteiger partial charge is 0.333 e. The number of methoxy groups -OCH3 is 1. The molecule has 0 radical (unpaired) electrons. The van der Waals surface area contributed by atoms with Gasteiger partial charge in [-0.1, -0.05) is 6.92 Å². The summed E-state index contributed by atoms with van der Waals surface area (Å²) in [6.07, 6.45) is -1.54. The number of rotatable bonds is 7. The summed E-state index contributed by atoms with van der Waals surface area (Å²) in [5, 5.41) is 17.7. The molecule has 0 spiro atoms. The standard InChI is InChI=1S/C12H17NO7S/c1-6-3-9(15)13(10(6)16)7(12(19)20-2)4-21-5-8(14)11(17)18/h6-8,14H,3-5H2,1-2H3,(H,17,18)/t6-,7-,8+/m1/s1. The van der Waals surface area contributed by atoms with Gasteiger partial charge >= 0.3 is 11.9 Å².